The molecule has 1 heteroatoms. The highest BCUT2D eigenvalue weighted by molar-refractivity contribution is 7.26. The molecule has 1 heterocycles. The van der Waals surface area contributed by atoms with Crippen LogP contribution in [0.15, 0.2) is 109 Å². The van der Waals surface area contributed by atoms with E-state index in [1.165, 1.54) is 75.1 Å². The lowest BCUT2D eigenvalue weighted by Gasteiger charge is -2.11. The number of hydrogen-bond donors (Lipinski definition) is 0. The van der Waals surface area contributed by atoms with Gasteiger partial charge < -0.3 is 0 Å². The van der Waals surface area contributed by atoms with E-state index in [0.717, 1.165) is 0 Å². The minimum atomic E-state index is 1.29. The van der Waals surface area contributed by atoms with Crippen molar-refractivity contribution in [3.63, 3.8) is 0 Å². The molecule has 33 heavy (non-hydrogen) atoms. The van der Waals surface area contributed by atoms with Gasteiger partial charge in [0.1, 0.15) is 0 Å². The predicted octanol–water partition coefficient (Wildman–Crippen LogP) is 9.68. The summed E-state index contributed by atoms with van der Waals surface area (Å²) in [5, 5.41) is 8.08. The lowest BCUT2D eigenvalue weighted by molar-refractivity contribution is 1.68. The fourth-order valence-corrected chi connectivity index (χ4v) is 7.00. The molecule has 0 spiro atoms. The quantitative estimate of drug-likeness (QED) is 0.241. The number of thiophene rings is 1. The van der Waals surface area contributed by atoms with Gasteiger partial charge in [-0.3, -0.25) is 0 Å². The number of rotatable bonds is 1. The van der Waals surface area contributed by atoms with Gasteiger partial charge in [-0.2, -0.15) is 0 Å². The van der Waals surface area contributed by atoms with Crippen molar-refractivity contribution >= 4 is 53.1 Å². The summed E-state index contributed by atoms with van der Waals surface area (Å²) in [5.41, 5.74) is 8.00. The van der Waals surface area contributed by atoms with Crippen molar-refractivity contribution in [1.82, 2.24) is 0 Å². The molecule has 1 aliphatic carbocycles. The van der Waals surface area contributed by atoms with Gasteiger partial charge in [-0.05, 0) is 67.7 Å². The van der Waals surface area contributed by atoms with E-state index in [9.17, 15) is 0 Å². The molecule has 0 atom stereocenters. The minimum absolute atomic E-state index is 1.29. The summed E-state index contributed by atoms with van der Waals surface area (Å²) < 4.78 is 2.74. The summed E-state index contributed by atoms with van der Waals surface area (Å²) in [6, 6.07) is 40.4. The normalized spacial score (nSPS) is 12.2. The largest absolute Gasteiger partial charge is 0.135 e. The summed E-state index contributed by atoms with van der Waals surface area (Å²) in [7, 11) is 0. The fourth-order valence-electron chi connectivity index (χ4n) is 5.77. The van der Waals surface area contributed by atoms with Gasteiger partial charge in [0.05, 0.1) is 0 Å². The highest BCUT2D eigenvalue weighted by Crippen LogP contribution is 2.49. The van der Waals surface area contributed by atoms with E-state index in [2.05, 4.69) is 109 Å². The van der Waals surface area contributed by atoms with Crippen LogP contribution in [0.2, 0.25) is 0 Å². The second-order valence-corrected chi connectivity index (χ2v) is 9.97. The standard InChI is InChI=1S/C32H18S/c1-2-9-23-22(8-1)26-12-5-7-19-17-20(18-29(23)31(19)26)21-11-6-13-27-24(21)15-16-28-25-10-3-4-14-30(25)33-32(27)28/h1-18H. The first kappa shape index (κ1) is 17.6. The molecule has 0 aliphatic heterocycles. The Labute approximate surface area is 195 Å². The molecule has 8 rings (SSSR count). The van der Waals surface area contributed by atoms with Crippen molar-refractivity contribution < 1.29 is 0 Å². The van der Waals surface area contributed by atoms with Crippen molar-refractivity contribution in [3.8, 4) is 33.4 Å². The van der Waals surface area contributed by atoms with Gasteiger partial charge in [-0.15, -0.1) is 11.3 Å². The van der Waals surface area contributed by atoms with Crippen LogP contribution >= 0.6 is 11.3 Å². The lowest BCUT2D eigenvalue weighted by Crippen LogP contribution is -1.84. The Morgan fingerprint density at radius 3 is 2.03 bits per heavy atom. The Morgan fingerprint density at radius 2 is 1.09 bits per heavy atom. The van der Waals surface area contributed by atoms with Gasteiger partial charge in [0, 0.05) is 25.6 Å². The van der Waals surface area contributed by atoms with Gasteiger partial charge in [0.15, 0.2) is 0 Å². The molecule has 152 valence electrons. The van der Waals surface area contributed by atoms with E-state index >= 15 is 0 Å². The van der Waals surface area contributed by atoms with E-state index in [0.29, 0.717) is 0 Å². The monoisotopic (exact) mass is 434 g/mol. The number of fused-ring (bicyclic) bond motifs is 8. The molecule has 0 unspecified atom stereocenters. The second kappa shape index (κ2) is 6.31. The van der Waals surface area contributed by atoms with Gasteiger partial charge in [0.25, 0.3) is 0 Å². The molecular formula is C32H18S. The fraction of sp³-hybridized carbons (Fsp3) is 0. The SMILES string of the molecule is c1ccc2c(c1)-c1cccc3cc(-c4cccc5c4ccc4c6ccccc6sc54)cc-2c13. The van der Waals surface area contributed by atoms with Crippen LogP contribution in [0.25, 0.3) is 75.1 Å². The Hall–Kier alpha value is -3.94. The lowest BCUT2D eigenvalue weighted by atomic mass is 9.92. The first-order valence-corrected chi connectivity index (χ1v) is 12.2. The summed E-state index contributed by atoms with van der Waals surface area (Å²) in [5.74, 6) is 0. The first-order valence-electron chi connectivity index (χ1n) is 11.4. The first-order chi connectivity index (χ1) is 16.4. The predicted molar refractivity (Wildman–Crippen MR) is 144 cm³/mol. The summed E-state index contributed by atoms with van der Waals surface area (Å²) in [4.78, 5) is 0. The maximum Gasteiger partial charge on any atom is 0.0434 e. The third-order valence-electron chi connectivity index (χ3n) is 7.20. The second-order valence-electron chi connectivity index (χ2n) is 8.91. The maximum atomic E-state index is 2.40. The summed E-state index contributed by atoms with van der Waals surface area (Å²) in [6.45, 7) is 0. The van der Waals surface area contributed by atoms with Crippen molar-refractivity contribution in [3.05, 3.63) is 109 Å². The molecule has 0 saturated carbocycles. The molecule has 0 amide bonds. The van der Waals surface area contributed by atoms with Crippen LogP contribution in [-0.2, 0) is 0 Å². The average molecular weight is 435 g/mol. The molecule has 6 aromatic carbocycles. The molecule has 0 fully saturated rings. The minimum Gasteiger partial charge on any atom is -0.135 e. The molecule has 1 aromatic heterocycles. The van der Waals surface area contributed by atoms with Crippen LogP contribution in [0.3, 0.4) is 0 Å². The zero-order chi connectivity index (χ0) is 21.5. The van der Waals surface area contributed by atoms with Crippen LogP contribution in [-0.4, -0.2) is 0 Å². The summed E-state index contributed by atoms with van der Waals surface area (Å²) in [6.07, 6.45) is 0. The van der Waals surface area contributed by atoms with Crippen molar-refractivity contribution in [2.45, 2.75) is 0 Å². The highest BCUT2D eigenvalue weighted by Gasteiger charge is 2.22. The highest BCUT2D eigenvalue weighted by atomic mass is 32.1. The van der Waals surface area contributed by atoms with E-state index in [-0.39, 0.29) is 0 Å². The van der Waals surface area contributed by atoms with E-state index in [1.807, 2.05) is 11.3 Å². The van der Waals surface area contributed by atoms with E-state index in [1.54, 1.807) is 0 Å². The Kier molecular flexibility index (Phi) is 3.37. The van der Waals surface area contributed by atoms with Gasteiger partial charge in [0.2, 0.25) is 0 Å². The van der Waals surface area contributed by atoms with Crippen LogP contribution in [0, 0.1) is 0 Å². The molecule has 7 aromatic rings. The smallest absolute Gasteiger partial charge is 0.0434 e. The maximum absolute atomic E-state index is 2.40. The third-order valence-corrected chi connectivity index (χ3v) is 8.42. The topological polar surface area (TPSA) is 0 Å². The molecule has 0 saturated heterocycles. The number of benzene rings is 6. The third kappa shape index (κ3) is 2.30. The van der Waals surface area contributed by atoms with Gasteiger partial charge in [-0.1, -0.05) is 91.0 Å². The van der Waals surface area contributed by atoms with Crippen LogP contribution in [0.5, 0.6) is 0 Å². The zero-order valence-electron chi connectivity index (χ0n) is 17.8. The average Bonchev–Trinajstić information content (AvgIpc) is 3.41. The zero-order valence-corrected chi connectivity index (χ0v) is 18.6. The van der Waals surface area contributed by atoms with Gasteiger partial charge in [-0.25, -0.2) is 0 Å². The van der Waals surface area contributed by atoms with Crippen molar-refractivity contribution in [2.24, 2.45) is 0 Å². The Balaban J connectivity index is 1.45. The van der Waals surface area contributed by atoms with Crippen molar-refractivity contribution in [1.29, 1.82) is 0 Å². The van der Waals surface area contributed by atoms with Crippen molar-refractivity contribution in [2.75, 3.05) is 0 Å². The van der Waals surface area contributed by atoms with Gasteiger partial charge >= 0.3 is 0 Å². The Morgan fingerprint density at radius 1 is 0.424 bits per heavy atom. The van der Waals surface area contributed by atoms with Crippen LogP contribution in [0.4, 0.5) is 0 Å². The molecule has 0 nitrogen and oxygen atoms in total. The molecule has 0 N–H and O–H groups in total. The van der Waals surface area contributed by atoms with Crippen LogP contribution in [0.1, 0.15) is 0 Å². The van der Waals surface area contributed by atoms with E-state index in [4.69, 9.17) is 0 Å². The molecular weight excluding hydrogens is 416 g/mol. The summed E-state index contributed by atoms with van der Waals surface area (Å²) >= 11 is 1.90. The van der Waals surface area contributed by atoms with E-state index < -0.39 is 0 Å². The molecule has 0 radical (unpaired) electrons. The molecule has 0 bridgehead atoms. The van der Waals surface area contributed by atoms with Crippen LogP contribution < -0.4 is 0 Å². The Bertz CT molecular complexity index is 1920. The number of hydrogen-bond acceptors (Lipinski definition) is 1. The molecule has 1 aliphatic rings.